The van der Waals surface area contributed by atoms with Crippen LogP contribution < -0.4 is 10.2 Å². The number of pyridine rings is 1. The molecule has 0 saturated carbocycles. The lowest BCUT2D eigenvalue weighted by Gasteiger charge is -2.25. The van der Waals surface area contributed by atoms with Gasteiger partial charge in [-0.2, -0.15) is 10.4 Å². The quantitative estimate of drug-likeness (QED) is 0.692. The van der Waals surface area contributed by atoms with Crippen molar-refractivity contribution in [2.75, 3.05) is 30.5 Å². The Bertz CT molecular complexity index is 1120. The van der Waals surface area contributed by atoms with Crippen molar-refractivity contribution in [3.05, 3.63) is 52.8 Å². The van der Waals surface area contributed by atoms with Gasteiger partial charge in [0.1, 0.15) is 5.82 Å². The molecule has 0 radical (unpaired) electrons. The summed E-state index contributed by atoms with van der Waals surface area (Å²) < 4.78 is 5.53. The van der Waals surface area contributed by atoms with E-state index in [1.165, 1.54) is 0 Å². The predicted molar refractivity (Wildman–Crippen MR) is 118 cm³/mol. The van der Waals surface area contributed by atoms with Gasteiger partial charge >= 0.3 is 0 Å². The number of hydrogen-bond acceptors (Lipinski definition) is 7. The second kappa shape index (κ2) is 8.25. The van der Waals surface area contributed by atoms with Crippen LogP contribution in [0.1, 0.15) is 41.8 Å². The van der Waals surface area contributed by atoms with Gasteiger partial charge in [0, 0.05) is 30.6 Å². The molecule has 7 heteroatoms. The molecular formula is C23H26N6O. The van der Waals surface area contributed by atoms with Crippen LogP contribution >= 0.6 is 0 Å². The zero-order valence-electron chi connectivity index (χ0n) is 17.8. The van der Waals surface area contributed by atoms with Crippen LogP contribution in [-0.4, -0.2) is 41.5 Å². The molecule has 0 unspecified atom stereocenters. The number of rotatable bonds is 5. The lowest BCUT2D eigenvalue weighted by molar-refractivity contribution is 0.193. The molecule has 1 saturated heterocycles. The van der Waals surface area contributed by atoms with Crippen LogP contribution in [0, 0.1) is 25.2 Å². The number of nitriles is 1. The molecular weight excluding hydrogens is 376 g/mol. The molecule has 3 heterocycles. The number of fused-ring (bicyclic) bond motifs is 1. The van der Waals surface area contributed by atoms with Crippen molar-refractivity contribution in [3.8, 4) is 6.07 Å². The number of benzene rings is 1. The smallest absolute Gasteiger partial charge is 0.157 e. The molecule has 30 heavy (non-hydrogen) atoms. The second-order valence-corrected chi connectivity index (χ2v) is 7.85. The number of nitrogens with one attached hydrogen (secondary N) is 1. The Hall–Kier alpha value is -3.24. The molecule has 3 aromatic rings. The lowest BCUT2D eigenvalue weighted by atomic mass is 9.98. The van der Waals surface area contributed by atoms with Crippen molar-refractivity contribution in [1.82, 2.24) is 15.2 Å². The fourth-order valence-electron chi connectivity index (χ4n) is 4.00. The van der Waals surface area contributed by atoms with Gasteiger partial charge < -0.3 is 15.0 Å². The average molecular weight is 403 g/mol. The standard InChI is InChI=1S/C23H26N6O/c1-14-17(11-24)6-5-7-19(14)15(2)26-23-20-10-22(29(4)18-8-9-30-13-18)25-12-21(20)16(3)27-28-23/h5-7,10,12,15,18H,8-9,13H2,1-4H3,(H,26,28)/t15-,18-/m1/s1. The van der Waals surface area contributed by atoms with Gasteiger partial charge in [-0.15, -0.1) is 5.10 Å². The lowest BCUT2D eigenvalue weighted by Crippen LogP contribution is -2.32. The summed E-state index contributed by atoms with van der Waals surface area (Å²) >= 11 is 0. The summed E-state index contributed by atoms with van der Waals surface area (Å²) in [5.74, 6) is 1.60. The molecule has 2 atom stereocenters. The van der Waals surface area contributed by atoms with E-state index >= 15 is 0 Å². The molecule has 2 aromatic heterocycles. The highest BCUT2D eigenvalue weighted by Gasteiger charge is 2.22. The van der Waals surface area contributed by atoms with E-state index < -0.39 is 0 Å². The van der Waals surface area contributed by atoms with Gasteiger partial charge in [0.05, 0.1) is 36.0 Å². The molecule has 1 aromatic carbocycles. The highest BCUT2D eigenvalue weighted by molar-refractivity contribution is 5.94. The van der Waals surface area contributed by atoms with Crippen molar-refractivity contribution in [1.29, 1.82) is 5.26 Å². The maximum Gasteiger partial charge on any atom is 0.157 e. The third-order valence-electron chi connectivity index (χ3n) is 5.97. The molecule has 0 amide bonds. The Morgan fingerprint density at radius 3 is 2.83 bits per heavy atom. The van der Waals surface area contributed by atoms with Crippen molar-refractivity contribution >= 4 is 22.4 Å². The highest BCUT2D eigenvalue weighted by atomic mass is 16.5. The van der Waals surface area contributed by atoms with E-state index in [1.807, 2.05) is 38.2 Å². The van der Waals surface area contributed by atoms with Gasteiger partial charge in [-0.25, -0.2) is 4.98 Å². The summed E-state index contributed by atoms with van der Waals surface area (Å²) in [5, 5.41) is 23.6. The van der Waals surface area contributed by atoms with Crippen LogP contribution in [0.4, 0.5) is 11.6 Å². The molecule has 154 valence electrons. The number of aryl methyl sites for hydroxylation is 1. The van der Waals surface area contributed by atoms with Gasteiger partial charge in [-0.3, -0.25) is 0 Å². The molecule has 7 nitrogen and oxygen atoms in total. The van der Waals surface area contributed by atoms with Crippen LogP contribution in [0.15, 0.2) is 30.5 Å². The Morgan fingerprint density at radius 1 is 1.27 bits per heavy atom. The summed E-state index contributed by atoms with van der Waals surface area (Å²) in [6.45, 7) is 7.50. The number of ether oxygens (including phenoxy) is 1. The first kappa shape index (κ1) is 20.0. The zero-order chi connectivity index (χ0) is 21.3. The van der Waals surface area contributed by atoms with E-state index in [-0.39, 0.29) is 6.04 Å². The van der Waals surface area contributed by atoms with Crippen LogP contribution in [0.2, 0.25) is 0 Å². The number of likely N-dealkylation sites (N-methyl/N-ethyl adjacent to an activating group) is 1. The summed E-state index contributed by atoms with van der Waals surface area (Å²) in [6.07, 6.45) is 2.87. The predicted octanol–water partition coefficient (Wildman–Crippen LogP) is 3.91. The van der Waals surface area contributed by atoms with Crippen molar-refractivity contribution in [3.63, 3.8) is 0 Å². The molecule has 1 aliphatic rings. The molecule has 0 spiro atoms. The molecule has 1 fully saturated rings. The Kier molecular flexibility index (Phi) is 5.51. The van der Waals surface area contributed by atoms with Crippen LogP contribution in [0.3, 0.4) is 0 Å². The first-order valence-electron chi connectivity index (χ1n) is 10.2. The minimum atomic E-state index is -0.0314. The number of hydrogen-bond donors (Lipinski definition) is 1. The van der Waals surface area contributed by atoms with Gasteiger partial charge in [0.25, 0.3) is 0 Å². The minimum Gasteiger partial charge on any atom is -0.379 e. The van der Waals surface area contributed by atoms with Crippen molar-refractivity contribution < 1.29 is 4.74 Å². The monoisotopic (exact) mass is 402 g/mol. The first-order chi connectivity index (χ1) is 14.5. The van der Waals surface area contributed by atoms with Gasteiger partial charge in [-0.1, -0.05) is 12.1 Å². The number of nitrogens with zero attached hydrogens (tertiary/aromatic N) is 5. The average Bonchev–Trinajstić information content (AvgIpc) is 3.30. The number of aromatic nitrogens is 3. The topological polar surface area (TPSA) is 87.0 Å². The minimum absolute atomic E-state index is 0.0314. The van der Waals surface area contributed by atoms with E-state index in [0.717, 1.165) is 53.0 Å². The van der Waals surface area contributed by atoms with Crippen molar-refractivity contribution in [2.24, 2.45) is 0 Å². The molecule has 4 rings (SSSR count). The maximum absolute atomic E-state index is 9.35. The second-order valence-electron chi connectivity index (χ2n) is 7.85. The zero-order valence-corrected chi connectivity index (χ0v) is 17.8. The molecule has 0 aliphatic carbocycles. The third-order valence-corrected chi connectivity index (χ3v) is 5.97. The Morgan fingerprint density at radius 2 is 2.10 bits per heavy atom. The molecule has 0 bridgehead atoms. The Balaban J connectivity index is 1.71. The fraction of sp³-hybridized carbons (Fsp3) is 0.391. The normalized spacial score (nSPS) is 17.0. The summed E-state index contributed by atoms with van der Waals surface area (Å²) in [4.78, 5) is 6.84. The largest absolute Gasteiger partial charge is 0.379 e. The van der Waals surface area contributed by atoms with Crippen LogP contribution in [-0.2, 0) is 4.74 Å². The van der Waals surface area contributed by atoms with Crippen LogP contribution in [0.25, 0.3) is 10.8 Å². The molecule has 1 N–H and O–H groups in total. The number of anilines is 2. The van der Waals surface area contributed by atoms with E-state index in [9.17, 15) is 5.26 Å². The fourth-order valence-corrected chi connectivity index (χ4v) is 4.00. The van der Waals surface area contributed by atoms with E-state index in [2.05, 4.69) is 51.5 Å². The van der Waals surface area contributed by atoms with Gasteiger partial charge in [0.2, 0.25) is 0 Å². The van der Waals surface area contributed by atoms with Gasteiger partial charge in [-0.05, 0) is 50.5 Å². The summed E-state index contributed by atoms with van der Waals surface area (Å²) in [6, 6.07) is 10.4. The summed E-state index contributed by atoms with van der Waals surface area (Å²) in [5.41, 5.74) is 3.58. The van der Waals surface area contributed by atoms with E-state index in [4.69, 9.17) is 4.74 Å². The third kappa shape index (κ3) is 3.66. The van der Waals surface area contributed by atoms with Gasteiger partial charge in [0.15, 0.2) is 5.82 Å². The maximum atomic E-state index is 9.35. The van der Waals surface area contributed by atoms with Crippen molar-refractivity contribution in [2.45, 2.75) is 39.3 Å². The molecule has 1 aliphatic heterocycles. The van der Waals surface area contributed by atoms with E-state index in [1.54, 1.807) is 0 Å². The summed E-state index contributed by atoms with van der Waals surface area (Å²) in [7, 11) is 2.06. The van der Waals surface area contributed by atoms with E-state index in [0.29, 0.717) is 17.4 Å². The van der Waals surface area contributed by atoms with Crippen LogP contribution in [0.5, 0.6) is 0 Å². The first-order valence-corrected chi connectivity index (χ1v) is 10.2. The highest BCUT2D eigenvalue weighted by Crippen LogP contribution is 2.30. The SMILES string of the molecule is Cc1c(C#N)cccc1[C@@H](C)Nc1nnc(C)c2cnc(N(C)[C@@H]3CCOC3)cc12. The Labute approximate surface area is 176 Å².